The third-order valence-corrected chi connectivity index (χ3v) is 6.95. The molecule has 0 N–H and O–H groups in total. The van der Waals surface area contributed by atoms with Crippen LogP contribution in [0.2, 0.25) is 0 Å². The van der Waals surface area contributed by atoms with Crippen molar-refractivity contribution in [3.63, 3.8) is 0 Å². The van der Waals surface area contributed by atoms with Gasteiger partial charge < -0.3 is 4.90 Å². The van der Waals surface area contributed by atoms with Gasteiger partial charge in [0.25, 0.3) is 0 Å². The highest BCUT2D eigenvalue weighted by molar-refractivity contribution is 7.89. The van der Waals surface area contributed by atoms with Crippen LogP contribution in [0.5, 0.6) is 0 Å². The van der Waals surface area contributed by atoms with E-state index in [-0.39, 0.29) is 5.91 Å². The fourth-order valence-electron chi connectivity index (χ4n) is 2.73. The number of nitrogens with zero attached hydrogens (tertiary/aromatic N) is 3. The lowest BCUT2D eigenvalue weighted by molar-refractivity contribution is -0.127. The zero-order valence-electron chi connectivity index (χ0n) is 14.8. The number of thiazole rings is 1. The normalized spacial score (nSPS) is 16.3. The molecule has 6 nitrogen and oxygen atoms in total. The van der Waals surface area contributed by atoms with Gasteiger partial charge in [-0.3, -0.25) is 4.79 Å². The van der Waals surface area contributed by atoms with Gasteiger partial charge in [0.15, 0.2) is 0 Å². The van der Waals surface area contributed by atoms with E-state index >= 15 is 0 Å². The van der Waals surface area contributed by atoms with Crippen molar-refractivity contribution in [1.29, 1.82) is 0 Å². The van der Waals surface area contributed by atoms with Crippen LogP contribution in [0.25, 0.3) is 6.08 Å². The van der Waals surface area contributed by atoms with E-state index in [9.17, 15) is 13.2 Å². The Morgan fingerprint density at radius 1 is 1.12 bits per heavy atom. The van der Waals surface area contributed by atoms with Crippen LogP contribution in [0.15, 0.2) is 40.6 Å². The molecule has 3 rings (SSSR count). The second-order valence-electron chi connectivity index (χ2n) is 6.17. The minimum Gasteiger partial charge on any atom is -0.337 e. The van der Waals surface area contributed by atoms with Crippen molar-refractivity contribution in [3.05, 3.63) is 52.0 Å². The maximum atomic E-state index is 12.7. The van der Waals surface area contributed by atoms with E-state index in [1.54, 1.807) is 35.2 Å². The number of carbonyl (C=O) groups is 1. The van der Waals surface area contributed by atoms with Gasteiger partial charge in [-0.25, -0.2) is 13.4 Å². The van der Waals surface area contributed by atoms with Crippen LogP contribution in [0.3, 0.4) is 0 Å². The van der Waals surface area contributed by atoms with Crippen molar-refractivity contribution < 1.29 is 13.2 Å². The number of benzene rings is 1. The van der Waals surface area contributed by atoms with Crippen LogP contribution in [0.1, 0.15) is 16.3 Å². The zero-order chi connectivity index (χ0) is 18.7. The second-order valence-corrected chi connectivity index (χ2v) is 9.17. The fraction of sp³-hybridized carbons (Fsp3) is 0.333. The molecule has 26 heavy (non-hydrogen) atoms. The summed E-state index contributed by atoms with van der Waals surface area (Å²) in [5, 5.41) is 2.84. The van der Waals surface area contributed by atoms with Crippen molar-refractivity contribution in [1.82, 2.24) is 14.2 Å². The summed E-state index contributed by atoms with van der Waals surface area (Å²) >= 11 is 1.53. The Bertz CT molecular complexity index is 909. The quantitative estimate of drug-likeness (QED) is 0.750. The smallest absolute Gasteiger partial charge is 0.246 e. The summed E-state index contributed by atoms with van der Waals surface area (Å²) in [5.74, 6) is -0.122. The standard InChI is InChI=1S/C18H21N3O3S2/c1-14-3-6-17(7-4-14)26(23,24)21-11-9-20(10-12-21)18(22)8-5-16-13-25-15(2)19-16/h3-8,13H,9-12H2,1-2H3/b8-5+. The molecule has 1 aliphatic heterocycles. The number of rotatable bonds is 4. The molecule has 0 aliphatic carbocycles. The number of piperazine rings is 1. The first kappa shape index (κ1) is 18.8. The Balaban J connectivity index is 1.60. The molecule has 0 spiro atoms. The van der Waals surface area contributed by atoms with Crippen molar-refractivity contribution in [2.45, 2.75) is 18.7 Å². The van der Waals surface area contributed by atoms with Gasteiger partial charge in [0.1, 0.15) is 0 Å². The summed E-state index contributed by atoms with van der Waals surface area (Å²) in [5.41, 5.74) is 1.78. The van der Waals surface area contributed by atoms with E-state index in [2.05, 4.69) is 4.98 Å². The highest BCUT2D eigenvalue weighted by atomic mass is 32.2. The Kier molecular flexibility index (Phi) is 5.55. The lowest BCUT2D eigenvalue weighted by atomic mass is 10.2. The lowest BCUT2D eigenvalue weighted by Gasteiger charge is -2.33. The van der Waals surface area contributed by atoms with E-state index in [1.807, 2.05) is 19.2 Å². The Hall–Kier alpha value is -2.03. The van der Waals surface area contributed by atoms with Crippen LogP contribution in [-0.2, 0) is 14.8 Å². The number of hydrogen-bond acceptors (Lipinski definition) is 5. The predicted octanol–water partition coefficient (Wildman–Crippen LogP) is 2.31. The molecule has 1 saturated heterocycles. The molecule has 0 bridgehead atoms. The molecule has 0 unspecified atom stereocenters. The Labute approximate surface area is 157 Å². The van der Waals surface area contributed by atoms with Gasteiger partial charge in [-0.05, 0) is 32.1 Å². The summed E-state index contributed by atoms with van der Waals surface area (Å²) in [6.45, 7) is 5.19. The molecule has 0 radical (unpaired) electrons. The van der Waals surface area contributed by atoms with E-state index in [1.165, 1.54) is 21.7 Å². The average Bonchev–Trinajstić information content (AvgIpc) is 3.05. The molecule has 0 atom stereocenters. The molecular weight excluding hydrogens is 370 g/mol. The van der Waals surface area contributed by atoms with Crippen LogP contribution < -0.4 is 0 Å². The zero-order valence-corrected chi connectivity index (χ0v) is 16.4. The average molecular weight is 392 g/mol. The van der Waals surface area contributed by atoms with Crippen molar-refractivity contribution >= 4 is 33.3 Å². The predicted molar refractivity (Wildman–Crippen MR) is 102 cm³/mol. The Morgan fingerprint density at radius 3 is 2.35 bits per heavy atom. The maximum absolute atomic E-state index is 12.7. The number of hydrogen-bond donors (Lipinski definition) is 0. The van der Waals surface area contributed by atoms with E-state index in [0.717, 1.165) is 16.3 Å². The van der Waals surface area contributed by atoms with E-state index < -0.39 is 10.0 Å². The highest BCUT2D eigenvalue weighted by Gasteiger charge is 2.29. The van der Waals surface area contributed by atoms with Crippen LogP contribution >= 0.6 is 11.3 Å². The molecule has 2 heterocycles. The Morgan fingerprint density at radius 2 is 1.77 bits per heavy atom. The molecule has 0 saturated carbocycles. The lowest BCUT2D eigenvalue weighted by Crippen LogP contribution is -2.50. The molecule has 2 aromatic rings. The second kappa shape index (κ2) is 7.69. The third kappa shape index (κ3) is 4.20. The van der Waals surface area contributed by atoms with Gasteiger partial charge in [-0.1, -0.05) is 17.7 Å². The molecule has 8 heteroatoms. The molecular formula is C18H21N3O3S2. The van der Waals surface area contributed by atoms with Gasteiger partial charge in [-0.2, -0.15) is 4.31 Å². The van der Waals surface area contributed by atoms with Crippen LogP contribution in [0, 0.1) is 13.8 Å². The fourth-order valence-corrected chi connectivity index (χ4v) is 4.73. The van der Waals surface area contributed by atoms with Gasteiger partial charge in [0, 0.05) is 37.6 Å². The topological polar surface area (TPSA) is 70.6 Å². The van der Waals surface area contributed by atoms with Crippen molar-refractivity contribution in [3.8, 4) is 0 Å². The van der Waals surface area contributed by atoms with Crippen molar-refractivity contribution in [2.75, 3.05) is 26.2 Å². The summed E-state index contributed by atoms with van der Waals surface area (Å²) in [4.78, 5) is 18.5. The number of aromatic nitrogens is 1. The summed E-state index contributed by atoms with van der Waals surface area (Å²) in [7, 11) is -3.51. The highest BCUT2D eigenvalue weighted by Crippen LogP contribution is 2.18. The number of amides is 1. The first-order valence-corrected chi connectivity index (χ1v) is 10.6. The number of aryl methyl sites for hydroxylation is 2. The minimum atomic E-state index is -3.51. The van der Waals surface area contributed by atoms with Crippen molar-refractivity contribution in [2.24, 2.45) is 0 Å². The molecule has 1 amide bonds. The summed E-state index contributed by atoms with van der Waals surface area (Å²) in [6, 6.07) is 6.83. The first-order chi connectivity index (χ1) is 12.4. The maximum Gasteiger partial charge on any atom is 0.246 e. The third-order valence-electron chi connectivity index (χ3n) is 4.24. The number of carbonyl (C=O) groups excluding carboxylic acids is 1. The van der Waals surface area contributed by atoms with E-state index in [0.29, 0.717) is 31.1 Å². The summed E-state index contributed by atoms with van der Waals surface area (Å²) in [6.07, 6.45) is 3.19. The van der Waals surface area contributed by atoms with Gasteiger partial charge >= 0.3 is 0 Å². The largest absolute Gasteiger partial charge is 0.337 e. The molecule has 1 fully saturated rings. The molecule has 138 valence electrons. The SMILES string of the molecule is Cc1ccc(S(=O)(=O)N2CCN(C(=O)/C=C/c3csc(C)n3)CC2)cc1. The molecule has 1 aromatic carbocycles. The first-order valence-electron chi connectivity index (χ1n) is 8.32. The van der Waals surface area contributed by atoms with Crippen LogP contribution in [0.4, 0.5) is 0 Å². The number of sulfonamides is 1. The van der Waals surface area contributed by atoms with Gasteiger partial charge in [-0.15, -0.1) is 11.3 Å². The monoisotopic (exact) mass is 391 g/mol. The van der Waals surface area contributed by atoms with Crippen LogP contribution in [-0.4, -0.2) is 54.7 Å². The van der Waals surface area contributed by atoms with Gasteiger partial charge in [0.05, 0.1) is 15.6 Å². The van der Waals surface area contributed by atoms with E-state index in [4.69, 9.17) is 0 Å². The summed E-state index contributed by atoms with van der Waals surface area (Å²) < 4.78 is 26.8. The molecule has 1 aromatic heterocycles. The molecule has 1 aliphatic rings. The minimum absolute atomic E-state index is 0.122. The van der Waals surface area contributed by atoms with Gasteiger partial charge in [0.2, 0.25) is 15.9 Å².